The zero-order valence-corrected chi connectivity index (χ0v) is 23.0. The molecular formula is C20H38N6O5Si2+2. The lowest BCUT2D eigenvalue weighted by atomic mass is 10.3. The van der Waals surface area contributed by atoms with Gasteiger partial charge < -0.3 is 14.3 Å². The summed E-state index contributed by atoms with van der Waals surface area (Å²) in [6.45, 7) is 16.4. The average molecular weight is 499 g/mol. The van der Waals surface area contributed by atoms with E-state index in [9.17, 15) is 19.8 Å². The van der Waals surface area contributed by atoms with E-state index in [-0.39, 0.29) is 0 Å². The third kappa shape index (κ3) is 5.71. The Balaban J connectivity index is 1.93. The van der Waals surface area contributed by atoms with Crippen LogP contribution in [0.15, 0.2) is 43.5 Å². The monoisotopic (exact) mass is 498 g/mol. The van der Waals surface area contributed by atoms with Crippen LogP contribution in [0, 0.1) is 0 Å². The molecule has 2 N–H and O–H groups in total. The van der Waals surface area contributed by atoms with Gasteiger partial charge in [-0.15, -0.1) is 0 Å². The van der Waals surface area contributed by atoms with Crippen LogP contribution in [0.25, 0.3) is 0 Å². The summed E-state index contributed by atoms with van der Waals surface area (Å²) in [5, 5.41) is 35.6. The van der Waals surface area contributed by atoms with E-state index in [0.29, 0.717) is 48.7 Å². The molecule has 2 aliphatic rings. The summed E-state index contributed by atoms with van der Waals surface area (Å²) in [4.78, 5) is 23.8. The van der Waals surface area contributed by atoms with Crippen molar-refractivity contribution >= 4 is 28.8 Å². The molecule has 2 amide bonds. The van der Waals surface area contributed by atoms with Crippen LogP contribution in [0.3, 0.4) is 0 Å². The lowest BCUT2D eigenvalue weighted by Gasteiger charge is -2.35. The van der Waals surface area contributed by atoms with Gasteiger partial charge in [-0.05, 0) is 74.1 Å². The third-order valence-corrected chi connectivity index (χ3v) is 14.1. The van der Waals surface area contributed by atoms with Gasteiger partial charge >= 0.3 is 12.2 Å². The number of carbonyl (C=O) groups is 2. The molecule has 2 unspecified atom stereocenters. The molecule has 0 aliphatic carbocycles. The van der Waals surface area contributed by atoms with Gasteiger partial charge in [-0.1, -0.05) is 10.2 Å². The Labute approximate surface area is 197 Å². The Morgan fingerprint density at radius 2 is 1.09 bits per heavy atom. The smallest absolute Gasteiger partial charge is 0.455 e. The highest BCUT2D eigenvalue weighted by atomic mass is 28.4. The van der Waals surface area contributed by atoms with Crippen LogP contribution in [0.5, 0.6) is 0 Å². The van der Waals surface area contributed by atoms with Crippen molar-refractivity contribution < 1.29 is 33.1 Å². The van der Waals surface area contributed by atoms with E-state index < -0.39 is 38.0 Å². The summed E-state index contributed by atoms with van der Waals surface area (Å²) in [5.74, 6) is 0. The molecule has 0 bridgehead atoms. The number of nitrogens with zero attached hydrogens (tertiary/aromatic N) is 6. The molecule has 13 heteroatoms. The van der Waals surface area contributed by atoms with E-state index in [4.69, 9.17) is 4.12 Å². The van der Waals surface area contributed by atoms with Crippen LogP contribution < -0.4 is 0 Å². The second-order valence-electron chi connectivity index (χ2n) is 10.1. The predicted molar refractivity (Wildman–Crippen MR) is 128 cm³/mol. The van der Waals surface area contributed by atoms with Gasteiger partial charge in [0.25, 0.3) is 0 Å². The highest BCUT2D eigenvalue weighted by molar-refractivity contribution is 6.84. The van der Waals surface area contributed by atoms with Gasteiger partial charge in [0.05, 0.1) is 0 Å². The Morgan fingerprint density at radius 3 is 1.33 bits per heavy atom. The molecule has 0 fully saturated rings. The Bertz CT molecular complexity index is 871. The molecule has 184 valence electrons. The summed E-state index contributed by atoms with van der Waals surface area (Å²) >= 11 is 0. The van der Waals surface area contributed by atoms with Crippen molar-refractivity contribution in [1.29, 1.82) is 0 Å². The highest BCUT2D eigenvalue weighted by Gasteiger charge is 2.47. The summed E-state index contributed by atoms with van der Waals surface area (Å²) in [6, 6.07) is 1.62. The number of allylic oxidation sites excluding steroid dienone is 4. The molecule has 0 spiro atoms. The molecule has 2 rings (SSSR count). The van der Waals surface area contributed by atoms with Gasteiger partial charge in [-0.25, -0.2) is 0 Å². The summed E-state index contributed by atoms with van der Waals surface area (Å²) in [6.07, 6.45) is -0.695. The van der Waals surface area contributed by atoms with Gasteiger partial charge in [0.1, 0.15) is 24.5 Å². The van der Waals surface area contributed by atoms with Crippen LogP contribution in [0.1, 0.15) is 40.5 Å². The van der Waals surface area contributed by atoms with Gasteiger partial charge in [0.2, 0.25) is 0 Å². The van der Waals surface area contributed by atoms with Crippen molar-refractivity contribution in [2.75, 3.05) is 13.1 Å². The van der Waals surface area contributed by atoms with Crippen molar-refractivity contribution in [1.82, 2.24) is 0 Å². The molecule has 0 aromatic carbocycles. The number of hydrogen-bond donors (Lipinski definition) is 2. The normalized spacial score (nSPS) is 25.5. The first-order valence-corrected chi connectivity index (χ1v) is 17.5. The van der Waals surface area contributed by atoms with E-state index in [1.807, 2.05) is 0 Å². The number of hydrogen-bond acceptors (Lipinski definition) is 7. The molecular weight excluding hydrogens is 460 g/mol. The van der Waals surface area contributed by atoms with E-state index in [0.717, 1.165) is 12.1 Å². The average Bonchev–Trinajstić information content (AvgIpc) is 3.13. The van der Waals surface area contributed by atoms with Gasteiger partial charge in [0, 0.05) is 24.3 Å². The zero-order chi connectivity index (χ0) is 25.2. The predicted octanol–water partition coefficient (Wildman–Crippen LogP) is 6.45. The maximum absolute atomic E-state index is 11.9. The molecule has 33 heavy (non-hydrogen) atoms. The van der Waals surface area contributed by atoms with Crippen molar-refractivity contribution in [3.8, 4) is 0 Å². The topological polar surface area (TPSA) is 133 Å². The van der Waals surface area contributed by atoms with Crippen molar-refractivity contribution in [2.45, 2.75) is 78.8 Å². The fourth-order valence-electron chi connectivity index (χ4n) is 4.40. The van der Waals surface area contributed by atoms with Crippen LogP contribution in [0.4, 0.5) is 9.59 Å². The standard InChI is InChI=1S/C20H36N6O5Si2/c1-15-17(3)25(19(27)28,23-21-15)11-9-13-32(5,6)31-33(7,8)14-10-12-26(20(29)30)18(4)16(2)22-24-26/h9-14H2,1-8H3/p+2. The molecule has 0 aromatic rings. The van der Waals surface area contributed by atoms with Crippen molar-refractivity contribution in [3.05, 3.63) is 22.8 Å². The second kappa shape index (κ2) is 9.66. The van der Waals surface area contributed by atoms with Gasteiger partial charge in [0.15, 0.2) is 28.0 Å². The minimum Gasteiger partial charge on any atom is -0.455 e. The second-order valence-corrected chi connectivity index (χ2v) is 19.0. The maximum Gasteiger partial charge on any atom is 0.547 e. The summed E-state index contributed by atoms with van der Waals surface area (Å²) in [7, 11) is -4.13. The van der Waals surface area contributed by atoms with E-state index in [2.05, 4.69) is 46.9 Å². The van der Waals surface area contributed by atoms with Crippen LogP contribution in [-0.2, 0) is 4.12 Å². The zero-order valence-electron chi connectivity index (χ0n) is 21.0. The van der Waals surface area contributed by atoms with Crippen LogP contribution >= 0.6 is 0 Å². The summed E-state index contributed by atoms with van der Waals surface area (Å²) < 4.78 is 5.72. The summed E-state index contributed by atoms with van der Waals surface area (Å²) in [5.41, 5.74) is 2.59. The molecule has 0 saturated carbocycles. The van der Waals surface area contributed by atoms with Gasteiger partial charge in [-0.3, -0.25) is 0 Å². The first kappa shape index (κ1) is 27.2. The van der Waals surface area contributed by atoms with Crippen molar-refractivity contribution in [2.24, 2.45) is 20.7 Å². The first-order valence-electron chi connectivity index (χ1n) is 11.2. The van der Waals surface area contributed by atoms with E-state index >= 15 is 0 Å². The number of amides is 2. The SMILES string of the molecule is CC1=C(C)[N+](CCC[Si](C)(C)O[Si](C)(C)CCC[N+]2(C(=O)O)N=NC(C)=C2C)(C(=O)O)N=N1. The molecule has 2 heterocycles. The minimum atomic E-state index is -2.07. The maximum atomic E-state index is 11.9. The number of quaternary nitrogens is 2. The van der Waals surface area contributed by atoms with E-state index in [1.54, 1.807) is 27.7 Å². The molecule has 0 saturated heterocycles. The number of rotatable bonds is 10. The van der Waals surface area contributed by atoms with Crippen LogP contribution in [0.2, 0.25) is 38.3 Å². The molecule has 2 atom stereocenters. The Kier molecular flexibility index (Phi) is 7.96. The fraction of sp³-hybridized carbons (Fsp3) is 0.700. The minimum absolute atomic E-state index is 0.346. The van der Waals surface area contributed by atoms with E-state index in [1.165, 1.54) is 0 Å². The van der Waals surface area contributed by atoms with Crippen LogP contribution in [-0.4, -0.2) is 61.3 Å². The molecule has 0 radical (unpaired) electrons. The first-order chi connectivity index (χ1) is 15.1. The third-order valence-electron chi connectivity index (χ3n) is 6.56. The largest absolute Gasteiger partial charge is 0.547 e. The quantitative estimate of drug-likeness (QED) is 0.264. The lowest BCUT2D eigenvalue weighted by molar-refractivity contribution is -0.827. The van der Waals surface area contributed by atoms with Crippen molar-refractivity contribution in [3.63, 3.8) is 0 Å². The molecule has 11 nitrogen and oxygen atoms in total. The Hall–Kier alpha value is -2.07. The fourth-order valence-corrected chi connectivity index (χ4v) is 13.2. The molecule has 2 aliphatic heterocycles. The highest BCUT2D eigenvalue weighted by Crippen LogP contribution is 2.34. The Morgan fingerprint density at radius 1 is 0.758 bits per heavy atom. The lowest BCUT2D eigenvalue weighted by Crippen LogP contribution is -2.48. The van der Waals surface area contributed by atoms with Gasteiger partial charge in [-0.2, -0.15) is 9.59 Å². The molecule has 0 aromatic heterocycles. The number of carboxylic acid groups (broad SMARTS) is 2.